The highest BCUT2D eigenvalue weighted by atomic mass is 19.1. The topological polar surface area (TPSA) is 37.6 Å². The molecule has 5 heteroatoms. The summed E-state index contributed by atoms with van der Waals surface area (Å²) in [7, 11) is 0. The molecule has 0 bridgehead atoms. The summed E-state index contributed by atoms with van der Waals surface area (Å²) < 4.78 is 14.7. The summed E-state index contributed by atoms with van der Waals surface area (Å²) in [6, 6.07) is 14.4. The molecule has 3 aromatic rings. The lowest BCUT2D eigenvalue weighted by Crippen LogP contribution is -2.27. The molecule has 0 amide bonds. The molecule has 0 N–H and O–H groups in total. The summed E-state index contributed by atoms with van der Waals surface area (Å²) in [6.45, 7) is 3.27. The average molecular weight is 337 g/mol. The number of hydrogen-bond acceptors (Lipinski definition) is 3. The third kappa shape index (κ3) is 3.46. The second-order valence-electron chi connectivity index (χ2n) is 6.71. The summed E-state index contributed by atoms with van der Waals surface area (Å²) in [5.41, 5.74) is 3.37. The van der Waals surface area contributed by atoms with Crippen LogP contribution in [0.1, 0.15) is 29.8 Å². The van der Waals surface area contributed by atoms with Gasteiger partial charge in [-0.05, 0) is 49.6 Å². The molecule has 0 radical (unpaired) electrons. The second-order valence-corrected chi connectivity index (χ2v) is 6.71. The van der Waals surface area contributed by atoms with Crippen molar-refractivity contribution in [3.8, 4) is 0 Å². The molecule has 4 nitrogen and oxygen atoms in total. The molecule has 4 rings (SSSR count). The monoisotopic (exact) mass is 337 g/mol. The predicted molar refractivity (Wildman–Crippen MR) is 94.9 cm³/mol. The van der Waals surface area contributed by atoms with Gasteiger partial charge < -0.3 is 0 Å². The Morgan fingerprint density at radius 3 is 2.64 bits per heavy atom. The number of rotatable bonds is 5. The maximum Gasteiger partial charge on any atom is 0.258 e. The van der Waals surface area contributed by atoms with E-state index < -0.39 is 0 Å². The largest absolute Gasteiger partial charge is 0.290 e. The molecule has 1 aliphatic carbocycles. The number of pyridine rings is 1. The summed E-state index contributed by atoms with van der Waals surface area (Å²) in [6.07, 6.45) is 2.32. The number of hydrogen-bond donors (Lipinski definition) is 0. The van der Waals surface area contributed by atoms with E-state index in [1.54, 1.807) is 10.5 Å². The molecule has 1 saturated carbocycles. The standard InChI is InChI=1S/C20H20FN3O/c1-14-3-2-4-19-22-17(11-20(25)24(14)19)13-23(18-9-10-18)12-15-5-7-16(21)8-6-15/h2-8,11,18H,9-10,12-13H2,1H3. The van der Waals surface area contributed by atoms with E-state index in [4.69, 9.17) is 0 Å². The fourth-order valence-corrected chi connectivity index (χ4v) is 3.23. The SMILES string of the molecule is Cc1cccc2nc(CN(Cc3ccc(F)cc3)C3CC3)cc(=O)n12. The van der Waals surface area contributed by atoms with Crippen molar-refractivity contribution in [2.75, 3.05) is 0 Å². The Balaban J connectivity index is 1.61. The molecule has 128 valence electrons. The van der Waals surface area contributed by atoms with Gasteiger partial charge >= 0.3 is 0 Å². The molecule has 0 atom stereocenters. The number of halogens is 1. The van der Waals surface area contributed by atoms with Gasteiger partial charge in [0.15, 0.2) is 0 Å². The Labute approximate surface area is 145 Å². The van der Waals surface area contributed by atoms with Crippen LogP contribution < -0.4 is 5.56 Å². The molecule has 2 aromatic heterocycles. The lowest BCUT2D eigenvalue weighted by atomic mass is 10.2. The van der Waals surface area contributed by atoms with Gasteiger partial charge in [0, 0.05) is 30.9 Å². The molecular weight excluding hydrogens is 317 g/mol. The summed E-state index contributed by atoms with van der Waals surface area (Å²) in [5.74, 6) is -0.221. The van der Waals surface area contributed by atoms with Gasteiger partial charge in [0.2, 0.25) is 0 Å². The number of fused-ring (bicyclic) bond motifs is 1. The molecule has 25 heavy (non-hydrogen) atoms. The van der Waals surface area contributed by atoms with E-state index in [-0.39, 0.29) is 11.4 Å². The van der Waals surface area contributed by atoms with Gasteiger partial charge in [0.05, 0.1) is 5.69 Å². The third-order valence-electron chi connectivity index (χ3n) is 4.66. The summed E-state index contributed by atoms with van der Waals surface area (Å²) in [4.78, 5) is 19.4. The molecule has 1 aliphatic rings. The van der Waals surface area contributed by atoms with Crippen LogP contribution in [0.15, 0.2) is 53.3 Å². The fourth-order valence-electron chi connectivity index (χ4n) is 3.23. The molecule has 2 heterocycles. The Hall–Kier alpha value is -2.53. The first-order valence-electron chi connectivity index (χ1n) is 8.57. The van der Waals surface area contributed by atoms with E-state index in [2.05, 4.69) is 9.88 Å². The third-order valence-corrected chi connectivity index (χ3v) is 4.66. The molecule has 0 aliphatic heterocycles. The van der Waals surface area contributed by atoms with E-state index in [0.29, 0.717) is 18.2 Å². The lowest BCUT2D eigenvalue weighted by Gasteiger charge is -2.22. The van der Waals surface area contributed by atoms with Crippen LogP contribution in [0.4, 0.5) is 4.39 Å². The van der Waals surface area contributed by atoms with Crippen molar-refractivity contribution in [3.63, 3.8) is 0 Å². The normalized spacial score (nSPS) is 14.4. The minimum absolute atomic E-state index is 0.0457. The molecule has 0 saturated heterocycles. The van der Waals surface area contributed by atoms with Crippen molar-refractivity contribution in [2.24, 2.45) is 0 Å². The van der Waals surface area contributed by atoms with Gasteiger partial charge in [0.1, 0.15) is 11.5 Å². The minimum Gasteiger partial charge on any atom is -0.290 e. The highest BCUT2D eigenvalue weighted by Crippen LogP contribution is 2.29. The van der Waals surface area contributed by atoms with Crippen molar-refractivity contribution < 1.29 is 4.39 Å². The highest BCUT2D eigenvalue weighted by Gasteiger charge is 2.29. The molecular formula is C20H20FN3O. The van der Waals surface area contributed by atoms with Crippen LogP contribution in [-0.4, -0.2) is 20.3 Å². The van der Waals surface area contributed by atoms with Gasteiger partial charge in [-0.25, -0.2) is 9.37 Å². The van der Waals surface area contributed by atoms with E-state index in [0.717, 1.165) is 36.3 Å². The summed E-state index contributed by atoms with van der Waals surface area (Å²) in [5, 5.41) is 0. The van der Waals surface area contributed by atoms with Crippen LogP contribution >= 0.6 is 0 Å². The number of aryl methyl sites for hydroxylation is 1. The zero-order valence-electron chi connectivity index (χ0n) is 14.2. The maximum atomic E-state index is 13.1. The zero-order chi connectivity index (χ0) is 17.4. The lowest BCUT2D eigenvalue weighted by molar-refractivity contribution is 0.242. The molecule has 1 fully saturated rings. The first-order chi connectivity index (χ1) is 12.1. The van der Waals surface area contributed by atoms with Crippen molar-refractivity contribution >= 4 is 5.65 Å². The number of nitrogens with zero attached hydrogens (tertiary/aromatic N) is 3. The minimum atomic E-state index is -0.221. The predicted octanol–water partition coefficient (Wildman–Crippen LogP) is 3.31. The van der Waals surface area contributed by atoms with Crippen molar-refractivity contribution in [1.82, 2.24) is 14.3 Å². The van der Waals surface area contributed by atoms with Crippen molar-refractivity contribution in [3.05, 3.63) is 81.7 Å². The Morgan fingerprint density at radius 1 is 1.16 bits per heavy atom. The smallest absolute Gasteiger partial charge is 0.258 e. The number of benzene rings is 1. The first kappa shape index (κ1) is 16.0. The fraction of sp³-hybridized carbons (Fsp3) is 0.300. The van der Waals surface area contributed by atoms with Crippen molar-refractivity contribution in [1.29, 1.82) is 0 Å². The number of aromatic nitrogens is 2. The van der Waals surface area contributed by atoms with Gasteiger partial charge in [-0.1, -0.05) is 18.2 Å². The first-order valence-corrected chi connectivity index (χ1v) is 8.57. The molecule has 1 aromatic carbocycles. The molecule has 0 unspecified atom stereocenters. The van der Waals surface area contributed by atoms with E-state index in [9.17, 15) is 9.18 Å². The Morgan fingerprint density at radius 2 is 1.92 bits per heavy atom. The Kier molecular flexibility index (Phi) is 4.09. The Bertz CT molecular complexity index is 961. The van der Waals surface area contributed by atoms with Gasteiger partial charge in [-0.3, -0.25) is 14.1 Å². The van der Waals surface area contributed by atoms with Crippen LogP contribution in [-0.2, 0) is 13.1 Å². The van der Waals surface area contributed by atoms with Gasteiger partial charge in [-0.2, -0.15) is 0 Å². The summed E-state index contributed by atoms with van der Waals surface area (Å²) >= 11 is 0. The quantitative estimate of drug-likeness (QED) is 0.717. The van der Waals surface area contributed by atoms with E-state index in [1.165, 1.54) is 12.1 Å². The average Bonchev–Trinajstić information content (AvgIpc) is 3.41. The van der Waals surface area contributed by atoms with Crippen LogP contribution in [0.5, 0.6) is 0 Å². The van der Waals surface area contributed by atoms with Gasteiger partial charge in [-0.15, -0.1) is 0 Å². The van der Waals surface area contributed by atoms with E-state index >= 15 is 0 Å². The van der Waals surface area contributed by atoms with Crippen molar-refractivity contribution in [2.45, 2.75) is 38.9 Å². The zero-order valence-corrected chi connectivity index (χ0v) is 14.2. The van der Waals surface area contributed by atoms with Crippen LogP contribution in [0.3, 0.4) is 0 Å². The highest BCUT2D eigenvalue weighted by molar-refractivity contribution is 5.40. The van der Waals surface area contributed by atoms with Crippen LogP contribution in [0, 0.1) is 12.7 Å². The second kappa shape index (κ2) is 6.41. The van der Waals surface area contributed by atoms with Crippen LogP contribution in [0.2, 0.25) is 0 Å². The van der Waals surface area contributed by atoms with E-state index in [1.807, 2.05) is 37.3 Å². The molecule has 0 spiro atoms. The maximum absolute atomic E-state index is 13.1. The van der Waals surface area contributed by atoms with Crippen LogP contribution in [0.25, 0.3) is 5.65 Å². The van der Waals surface area contributed by atoms with Gasteiger partial charge in [0.25, 0.3) is 5.56 Å².